The van der Waals surface area contributed by atoms with Gasteiger partial charge < -0.3 is 20.7 Å². The molecule has 0 spiro atoms. The molecule has 0 aromatic heterocycles. The van der Waals surface area contributed by atoms with Crippen LogP contribution in [0.5, 0.6) is 0 Å². The first-order chi connectivity index (χ1) is 12.0. The Hall–Kier alpha value is -2.45. The maximum atomic E-state index is 12.4. The topological polar surface area (TPSA) is 105 Å². The van der Waals surface area contributed by atoms with Gasteiger partial charge in [0.1, 0.15) is 6.61 Å². The molecule has 8 heteroatoms. The van der Waals surface area contributed by atoms with E-state index in [1.165, 1.54) is 0 Å². The summed E-state index contributed by atoms with van der Waals surface area (Å²) in [7, 11) is 1.74. The van der Waals surface area contributed by atoms with E-state index in [9.17, 15) is 14.4 Å². The first-order valence-electron chi connectivity index (χ1n) is 8.27. The molecule has 1 aromatic carbocycles. The number of nitrogens with two attached hydrogens (primary N) is 1. The molecule has 0 unspecified atom stereocenters. The van der Waals surface area contributed by atoms with Crippen molar-refractivity contribution in [3.05, 3.63) is 24.3 Å². The maximum Gasteiger partial charge on any atom is 0.253 e. The Kier molecular flexibility index (Phi) is 5.00. The molecule has 8 nitrogen and oxygen atoms in total. The van der Waals surface area contributed by atoms with Crippen molar-refractivity contribution in [3.63, 3.8) is 0 Å². The molecule has 3 amide bonds. The van der Waals surface area contributed by atoms with Crippen LogP contribution in [0.15, 0.2) is 24.3 Å². The molecule has 0 bridgehead atoms. The van der Waals surface area contributed by atoms with Crippen LogP contribution in [0.2, 0.25) is 0 Å². The van der Waals surface area contributed by atoms with Gasteiger partial charge in [-0.2, -0.15) is 0 Å². The highest BCUT2D eigenvalue weighted by Gasteiger charge is 2.37. The van der Waals surface area contributed by atoms with E-state index >= 15 is 0 Å². The Balaban J connectivity index is 1.66. The summed E-state index contributed by atoms with van der Waals surface area (Å²) in [4.78, 5) is 39.3. The van der Waals surface area contributed by atoms with E-state index in [1.54, 1.807) is 41.1 Å². The number of ether oxygens (including phenoxy) is 1. The number of carbonyl (C=O) groups excluding carboxylic acids is 3. The zero-order valence-corrected chi connectivity index (χ0v) is 14.1. The normalized spacial score (nSPS) is 19.0. The number of nitrogens with one attached hydrogen (secondary N) is 1. The zero-order chi connectivity index (χ0) is 18.0. The van der Waals surface area contributed by atoms with Gasteiger partial charge >= 0.3 is 0 Å². The lowest BCUT2D eigenvalue weighted by Crippen LogP contribution is -2.51. The van der Waals surface area contributed by atoms with Gasteiger partial charge in [0.05, 0.1) is 6.61 Å². The van der Waals surface area contributed by atoms with Gasteiger partial charge in [-0.25, -0.2) is 0 Å². The fourth-order valence-corrected chi connectivity index (χ4v) is 2.93. The van der Waals surface area contributed by atoms with Gasteiger partial charge in [0.25, 0.3) is 11.8 Å². The van der Waals surface area contributed by atoms with Gasteiger partial charge in [-0.05, 0) is 44.2 Å². The minimum Gasteiger partial charge on any atom is -0.370 e. The number of amides is 3. The lowest BCUT2D eigenvalue weighted by Gasteiger charge is -2.27. The Morgan fingerprint density at radius 2 is 2.00 bits per heavy atom. The summed E-state index contributed by atoms with van der Waals surface area (Å²) in [5.74, 6) is -1.21. The SMILES string of the molecule is CN(C1CC1)[C@H](C(N)=O)C(=O)Nc1ccc(N2CCOCC2=O)cc1. The van der Waals surface area contributed by atoms with Crippen LogP contribution in [-0.4, -0.2) is 61.5 Å². The first kappa shape index (κ1) is 17.4. The predicted octanol–water partition coefficient (Wildman–Crippen LogP) is -0.0636. The molecule has 1 saturated heterocycles. The highest BCUT2D eigenvalue weighted by atomic mass is 16.5. The highest BCUT2D eigenvalue weighted by molar-refractivity contribution is 6.09. The monoisotopic (exact) mass is 346 g/mol. The molecular formula is C17H22N4O4. The van der Waals surface area contributed by atoms with Crippen molar-refractivity contribution in [2.24, 2.45) is 5.73 Å². The van der Waals surface area contributed by atoms with E-state index in [0.29, 0.717) is 18.8 Å². The van der Waals surface area contributed by atoms with Crippen LogP contribution in [0.1, 0.15) is 12.8 Å². The van der Waals surface area contributed by atoms with Crippen LogP contribution in [0.25, 0.3) is 0 Å². The van der Waals surface area contributed by atoms with Crippen molar-refractivity contribution in [2.75, 3.05) is 37.0 Å². The first-order valence-corrected chi connectivity index (χ1v) is 8.27. The molecule has 1 atom stereocenters. The number of hydrogen-bond acceptors (Lipinski definition) is 5. The standard InChI is InChI=1S/C17H22N4O4/c1-20(12-6-7-12)15(16(18)23)17(24)19-11-2-4-13(5-3-11)21-8-9-25-10-14(21)22/h2-5,12,15H,6-10H2,1H3,(H2,18,23)(H,19,24)/t15-/m1/s1. The lowest BCUT2D eigenvalue weighted by atomic mass is 10.2. The number of morpholine rings is 1. The van der Waals surface area contributed by atoms with Crippen molar-refractivity contribution >= 4 is 29.1 Å². The Morgan fingerprint density at radius 3 is 2.56 bits per heavy atom. The minimum atomic E-state index is -0.993. The molecule has 2 aliphatic rings. The quantitative estimate of drug-likeness (QED) is 0.702. The van der Waals surface area contributed by atoms with E-state index < -0.39 is 17.9 Å². The van der Waals surface area contributed by atoms with Crippen LogP contribution in [0.3, 0.4) is 0 Å². The Bertz CT molecular complexity index is 672. The number of hydrogen-bond donors (Lipinski definition) is 2. The van der Waals surface area contributed by atoms with Gasteiger partial charge in [-0.15, -0.1) is 0 Å². The van der Waals surface area contributed by atoms with E-state index in [4.69, 9.17) is 10.5 Å². The van der Waals surface area contributed by atoms with E-state index in [2.05, 4.69) is 5.32 Å². The second kappa shape index (κ2) is 7.20. The molecule has 3 N–H and O–H groups in total. The fourth-order valence-electron chi connectivity index (χ4n) is 2.93. The van der Waals surface area contributed by atoms with E-state index in [-0.39, 0.29) is 18.6 Å². The predicted molar refractivity (Wildman–Crippen MR) is 92.0 cm³/mol. The molecule has 2 fully saturated rings. The maximum absolute atomic E-state index is 12.4. The van der Waals surface area contributed by atoms with Gasteiger partial charge in [0.2, 0.25) is 5.91 Å². The third-order valence-electron chi connectivity index (χ3n) is 4.48. The van der Waals surface area contributed by atoms with Gasteiger partial charge in [0, 0.05) is 24.0 Å². The molecule has 1 heterocycles. The molecule has 3 rings (SSSR count). The number of primary amides is 1. The van der Waals surface area contributed by atoms with E-state index in [1.807, 2.05) is 0 Å². The second-order valence-electron chi connectivity index (χ2n) is 6.34. The second-order valence-corrected chi connectivity index (χ2v) is 6.34. The summed E-state index contributed by atoms with van der Waals surface area (Å²) < 4.78 is 5.11. The summed E-state index contributed by atoms with van der Waals surface area (Å²) in [6, 6.07) is 6.15. The van der Waals surface area contributed by atoms with E-state index in [0.717, 1.165) is 18.5 Å². The third kappa shape index (κ3) is 3.97. The molecule has 25 heavy (non-hydrogen) atoms. The molecule has 0 radical (unpaired) electrons. The van der Waals surface area contributed by atoms with Crippen molar-refractivity contribution in [2.45, 2.75) is 24.9 Å². The van der Waals surface area contributed by atoms with Crippen LogP contribution < -0.4 is 16.0 Å². The molecule has 1 saturated carbocycles. The van der Waals surface area contributed by atoms with Gasteiger partial charge in [-0.1, -0.05) is 0 Å². The Labute approximate surface area is 145 Å². The van der Waals surface area contributed by atoms with Gasteiger partial charge in [-0.3, -0.25) is 19.3 Å². The molecule has 134 valence electrons. The largest absolute Gasteiger partial charge is 0.370 e. The molecule has 1 aliphatic carbocycles. The smallest absolute Gasteiger partial charge is 0.253 e. The number of likely N-dealkylation sites (N-methyl/N-ethyl adjacent to an activating group) is 1. The number of benzene rings is 1. The van der Waals surface area contributed by atoms with Crippen LogP contribution in [0.4, 0.5) is 11.4 Å². The van der Waals surface area contributed by atoms with Crippen molar-refractivity contribution in [1.29, 1.82) is 0 Å². The molecule has 1 aromatic rings. The summed E-state index contributed by atoms with van der Waals surface area (Å²) in [6.45, 7) is 1.07. The Morgan fingerprint density at radius 1 is 1.32 bits per heavy atom. The third-order valence-corrected chi connectivity index (χ3v) is 4.48. The van der Waals surface area contributed by atoms with Crippen LogP contribution in [-0.2, 0) is 19.1 Å². The van der Waals surface area contributed by atoms with Crippen LogP contribution in [0, 0.1) is 0 Å². The van der Waals surface area contributed by atoms with Crippen molar-refractivity contribution in [1.82, 2.24) is 4.90 Å². The molecular weight excluding hydrogens is 324 g/mol. The van der Waals surface area contributed by atoms with Crippen LogP contribution >= 0.6 is 0 Å². The zero-order valence-electron chi connectivity index (χ0n) is 14.1. The highest BCUT2D eigenvalue weighted by Crippen LogP contribution is 2.27. The lowest BCUT2D eigenvalue weighted by molar-refractivity contribution is -0.132. The summed E-state index contributed by atoms with van der Waals surface area (Å²) in [5.41, 5.74) is 6.69. The average molecular weight is 346 g/mol. The average Bonchev–Trinajstić information content (AvgIpc) is 3.41. The van der Waals surface area contributed by atoms with Gasteiger partial charge in [0.15, 0.2) is 6.04 Å². The number of carbonyl (C=O) groups is 3. The summed E-state index contributed by atoms with van der Waals surface area (Å²) in [5, 5.41) is 2.72. The minimum absolute atomic E-state index is 0.0757. The number of nitrogens with zero attached hydrogens (tertiary/aromatic N) is 2. The van der Waals surface area contributed by atoms with Crippen molar-refractivity contribution < 1.29 is 19.1 Å². The number of rotatable bonds is 6. The number of anilines is 2. The molecule has 1 aliphatic heterocycles. The summed E-state index contributed by atoms with van der Waals surface area (Å²) >= 11 is 0. The van der Waals surface area contributed by atoms with Crippen molar-refractivity contribution in [3.8, 4) is 0 Å². The fraction of sp³-hybridized carbons (Fsp3) is 0.471. The summed E-state index contributed by atoms with van der Waals surface area (Å²) in [6.07, 6.45) is 1.94.